The van der Waals surface area contributed by atoms with Gasteiger partial charge >= 0.3 is 0 Å². The lowest BCUT2D eigenvalue weighted by Gasteiger charge is -2.06. The van der Waals surface area contributed by atoms with E-state index in [9.17, 15) is 18.0 Å². The molecule has 3 heterocycles. The van der Waals surface area contributed by atoms with Crippen LogP contribution in [-0.4, -0.2) is 24.5 Å². The van der Waals surface area contributed by atoms with E-state index in [1.54, 1.807) is 12.3 Å². The molecule has 28 heavy (non-hydrogen) atoms. The number of imide groups is 1. The molecule has 1 aliphatic rings. The highest BCUT2D eigenvalue weighted by Crippen LogP contribution is 2.36. The molecule has 0 radical (unpaired) electrons. The third-order valence-electron chi connectivity index (χ3n) is 3.92. The van der Waals surface area contributed by atoms with Crippen LogP contribution in [-0.2, 0) is 14.8 Å². The van der Waals surface area contributed by atoms with Gasteiger partial charge in [0.15, 0.2) is 0 Å². The Hall–Kier alpha value is -2.66. The van der Waals surface area contributed by atoms with Gasteiger partial charge in [-0.25, -0.2) is 13.6 Å². The molecule has 1 fully saturated rings. The SMILES string of the molecule is NS(=O)(=O)c1ccc(-c2cncc3cc(/C=C4\SC(=O)NC4=O)oc23)c(Cl)c1. The zero-order valence-corrected chi connectivity index (χ0v) is 16.2. The van der Waals surface area contributed by atoms with Crippen molar-refractivity contribution in [2.24, 2.45) is 5.14 Å². The van der Waals surface area contributed by atoms with Gasteiger partial charge in [0.1, 0.15) is 11.3 Å². The minimum Gasteiger partial charge on any atom is -0.456 e. The van der Waals surface area contributed by atoms with Crippen molar-refractivity contribution in [3.05, 3.63) is 52.3 Å². The Bertz CT molecular complexity index is 1300. The fraction of sp³-hybridized carbons (Fsp3) is 0. The number of primary sulfonamides is 1. The van der Waals surface area contributed by atoms with Crippen molar-refractivity contribution >= 4 is 61.6 Å². The maximum absolute atomic E-state index is 11.7. The highest BCUT2D eigenvalue weighted by Gasteiger charge is 2.25. The number of nitrogens with two attached hydrogens (primary N) is 1. The lowest BCUT2D eigenvalue weighted by atomic mass is 10.1. The number of fused-ring (bicyclic) bond motifs is 1. The molecule has 1 aliphatic heterocycles. The minimum absolute atomic E-state index is 0.111. The molecule has 0 bridgehead atoms. The normalized spacial score (nSPS) is 16.1. The van der Waals surface area contributed by atoms with Crippen LogP contribution in [0.4, 0.5) is 4.79 Å². The van der Waals surface area contributed by atoms with Gasteiger partial charge < -0.3 is 4.42 Å². The second kappa shape index (κ2) is 6.74. The van der Waals surface area contributed by atoms with Crippen molar-refractivity contribution in [1.29, 1.82) is 0 Å². The predicted molar refractivity (Wildman–Crippen MR) is 105 cm³/mol. The maximum atomic E-state index is 11.7. The van der Waals surface area contributed by atoms with Crippen LogP contribution in [0.3, 0.4) is 0 Å². The van der Waals surface area contributed by atoms with E-state index >= 15 is 0 Å². The number of carbonyl (C=O) groups excluding carboxylic acids is 2. The van der Waals surface area contributed by atoms with Gasteiger partial charge in [-0.2, -0.15) is 0 Å². The number of amides is 2. The molecule has 2 aromatic heterocycles. The molecule has 4 rings (SSSR count). The quantitative estimate of drug-likeness (QED) is 0.604. The molecule has 0 atom stereocenters. The molecule has 142 valence electrons. The minimum atomic E-state index is -3.88. The monoisotopic (exact) mass is 435 g/mol. The van der Waals surface area contributed by atoms with Crippen LogP contribution in [0.2, 0.25) is 5.02 Å². The van der Waals surface area contributed by atoms with E-state index in [4.69, 9.17) is 21.2 Å². The van der Waals surface area contributed by atoms with E-state index in [0.717, 1.165) is 11.8 Å². The number of halogens is 1. The van der Waals surface area contributed by atoms with Crippen molar-refractivity contribution in [3.8, 4) is 11.1 Å². The van der Waals surface area contributed by atoms with E-state index in [1.807, 2.05) is 0 Å². The van der Waals surface area contributed by atoms with Gasteiger partial charge in [0.2, 0.25) is 10.0 Å². The molecular formula is C17H10ClN3O5S2. The Morgan fingerprint density at radius 1 is 1.18 bits per heavy atom. The number of benzene rings is 1. The van der Waals surface area contributed by atoms with Gasteiger partial charge in [-0.1, -0.05) is 17.7 Å². The zero-order chi connectivity index (χ0) is 20.1. The number of nitrogens with zero attached hydrogens (tertiary/aromatic N) is 1. The highest BCUT2D eigenvalue weighted by molar-refractivity contribution is 8.18. The molecule has 0 unspecified atom stereocenters. The second-order valence-electron chi connectivity index (χ2n) is 5.79. The summed E-state index contributed by atoms with van der Waals surface area (Å²) in [5, 5.41) is 7.65. The van der Waals surface area contributed by atoms with E-state index in [1.165, 1.54) is 30.5 Å². The summed E-state index contributed by atoms with van der Waals surface area (Å²) in [5.41, 5.74) is 1.48. The van der Waals surface area contributed by atoms with Crippen molar-refractivity contribution in [3.63, 3.8) is 0 Å². The molecule has 3 aromatic rings. The summed E-state index contributed by atoms with van der Waals surface area (Å²) in [6, 6.07) is 5.77. The van der Waals surface area contributed by atoms with E-state index in [0.29, 0.717) is 27.9 Å². The Labute approximate surface area is 167 Å². The van der Waals surface area contributed by atoms with Crippen LogP contribution >= 0.6 is 23.4 Å². The summed E-state index contributed by atoms with van der Waals surface area (Å²) in [5.74, 6) is -0.135. The lowest BCUT2D eigenvalue weighted by Crippen LogP contribution is -2.17. The Balaban J connectivity index is 1.81. The fourth-order valence-electron chi connectivity index (χ4n) is 2.69. The topological polar surface area (TPSA) is 132 Å². The van der Waals surface area contributed by atoms with Crippen LogP contribution in [0.15, 0.2) is 50.9 Å². The summed E-state index contributed by atoms with van der Waals surface area (Å²) in [7, 11) is -3.88. The van der Waals surface area contributed by atoms with Crippen LogP contribution in [0.25, 0.3) is 28.2 Å². The van der Waals surface area contributed by atoms with E-state index in [-0.39, 0.29) is 14.8 Å². The van der Waals surface area contributed by atoms with Crippen molar-refractivity contribution in [2.75, 3.05) is 0 Å². The van der Waals surface area contributed by atoms with Gasteiger partial charge in [0, 0.05) is 40.0 Å². The average molecular weight is 436 g/mol. The molecule has 2 amide bonds. The Kier molecular flexibility index (Phi) is 4.50. The molecule has 0 aliphatic carbocycles. The molecule has 0 saturated carbocycles. The Morgan fingerprint density at radius 2 is 1.96 bits per heavy atom. The lowest BCUT2D eigenvalue weighted by molar-refractivity contribution is -0.115. The molecule has 11 heteroatoms. The smallest absolute Gasteiger partial charge is 0.290 e. The zero-order valence-electron chi connectivity index (χ0n) is 13.8. The number of hydrogen-bond donors (Lipinski definition) is 2. The fourth-order valence-corrected chi connectivity index (χ4v) is 4.24. The van der Waals surface area contributed by atoms with Gasteiger partial charge in [0.25, 0.3) is 11.1 Å². The molecular weight excluding hydrogens is 426 g/mol. The largest absolute Gasteiger partial charge is 0.456 e. The molecule has 1 saturated heterocycles. The number of sulfonamides is 1. The van der Waals surface area contributed by atoms with Crippen LogP contribution in [0, 0.1) is 0 Å². The van der Waals surface area contributed by atoms with E-state index in [2.05, 4.69) is 10.3 Å². The molecule has 3 N–H and O–H groups in total. The standard InChI is InChI=1S/C17H10ClN3O5S2/c18-13-5-10(28(19,24)25)1-2-11(13)12-7-20-6-8-3-9(26-15(8)12)4-14-16(22)21-17(23)27-14/h1-7H,(H2,19,24,25)(H,21,22,23)/b14-4-. The first kappa shape index (κ1) is 18.7. The average Bonchev–Trinajstić information content (AvgIpc) is 3.16. The van der Waals surface area contributed by atoms with Gasteiger partial charge in [-0.15, -0.1) is 0 Å². The molecule has 1 aromatic carbocycles. The first-order valence-corrected chi connectivity index (χ1v) is 10.4. The number of furan rings is 1. The highest BCUT2D eigenvalue weighted by atomic mass is 35.5. The predicted octanol–water partition coefficient (Wildman–Crippen LogP) is 3.12. The van der Waals surface area contributed by atoms with Crippen molar-refractivity contribution < 1.29 is 22.4 Å². The van der Waals surface area contributed by atoms with Crippen LogP contribution < -0.4 is 10.5 Å². The van der Waals surface area contributed by atoms with Crippen LogP contribution in [0.1, 0.15) is 5.76 Å². The van der Waals surface area contributed by atoms with Crippen LogP contribution in [0.5, 0.6) is 0 Å². The summed E-state index contributed by atoms with van der Waals surface area (Å²) in [4.78, 5) is 27.2. The third-order valence-corrected chi connectivity index (χ3v) is 5.95. The van der Waals surface area contributed by atoms with Crippen molar-refractivity contribution in [1.82, 2.24) is 10.3 Å². The molecule has 8 nitrogen and oxygen atoms in total. The molecule has 0 spiro atoms. The van der Waals surface area contributed by atoms with Gasteiger partial charge in [0.05, 0.1) is 9.80 Å². The van der Waals surface area contributed by atoms with Crippen molar-refractivity contribution in [2.45, 2.75) is 4.90 Å². The number of carbonyl (C=O) groups is 2. The Morgan fingerprint density at radius 3 is 2.61 bits per heavy atom. The summed E-state index contributed by atoms with van der Waals surface area (Å²) in [6.07, 6.45) is 4.56. The van der Waals surface area contributed by atoms with Gasteiger partial charge in [-0.05, 0) is 30.0 Å². The summed E-state index contributed by atoms with van der Waals surface area (Å²) >= 11 is 7.04. The first-order valence-electron chi connectivity index (χ1n) is 7.67. The number of thioether (sulfide) groups is 1. The number of pyridine rings is 1. The third kappa shape index (κ3) is 3.42. The van der Waals surface area contributed by atoms with E-state index < -0.39 is 21.2 Å². The number of nitrogens with one attached hydrogen (secondary N) is 1. The number of aromatic nitrogens is 1. The number of hydrogen-bond acceptors (Lipinski definition) is 7. The number of rotatable bonds is 3. The first-order chi connectivity index (χ1) is 13.2. The maximum Gasteiger partial charge on any atom is 0.290 e. The second-order valence-corrected chi connectivity index (χ2v) is 8.78. The van der Waals surface area contributed by atoms with Gasteiger partial charge in [-0.3, -0.25) is 19.9 Å². The summed E-state index contributed by atoms with van der Waals surface area (Å²) < 4.78 is 28.8. The summed E-state index contributed by atoms with van der Waals surface area (Å²) in [6.45, 7) is 0.